The van der Waals surface area contributed by atoms with Crippen LogP contribution in [0.25, 0.3) is 22.5 Å². The number of nitrogens with zero attached hydrogens (tertiary/aromatic N) is 4. The van der Waals surface area contributed by atoms with Gasteiger partial charge in [0.15, 0.2) is 0 Å². The van der Waals surface area contributed by atoms with Gasteiger partial charge in [0.05, 0.1) is 22.9 Å². The number of hydrogen-bond acceptors (Lipinski definition) is 6. The van der Waals surface area contributed by atoms with E-state index in [1.54, 1.807) is 6.20 Å². The van der Waals surface area contributed by atoms with Crippen LogP contribution in [0.15, 0.2) is 78.3 Å². The number of carbonyl (C=O) groups is 1. The normalized spacial score (nSPS) is 14.9. The summed E-state index contributed by atoms with van der Waals surface area (Å²) in [5.41, 5.74) is 16.2. The molecule has 5 rings (SSSR count). The van der Waals surface area contributed by atoms with Gasteiger partial charge in [-0.2, -0.15) is 10.4 Å². The van der Waals surface area contributed by atoms with Crippen molar-refractivity contribution in [1.82, 2.24) is 20.0 Å². The van der Waals surface area contributed by atoms with Gasteiger partial charge in [-0.3, -0.25) is 14.6 Å². The van der Waals surface area contributed by atoms with E-state index >= 15 is 0 Å². The van der Waals surface area contributed by atoms with Crippen molar-refractivity contribution in [2.75, 3.05) is 0 Å². The third-order valence-electron chi connectivity index (χ3n) is 5.47. The highest BCUT2D eigenvalue weighted by molar-refractivity contribution is 5.76. The molecule has 0 fully saturated rings. The van der Waals surface area contributed by atoms with E-state index in [9.17, 15) is 10.1 Å². The number of benzene rings is 2. The van der Waals surface area contributed by atoms with Crippen LogP contribution < -0.4 is 16.2 Å². The van der Waals surface area contributed by atoms with E-state index in [1.165, 1.54) is 4.68 Å². The lowest BCUT2D eigenvalue weighted by molar-refractivity contribution is -0.118. The first-order valence-electron chi connectivity index (χ1n) is 10.2. The Morgan fingerprint density at radius 2 is 1.79 bits per heavy atom. The third kappa shape index (κ3) is 3.49. The average molecular weight is 437 g/mol. The molecule has 0 spiro atoms. The maximum atomic E-state index is 11.6. The zero-order valence-corrected chi connectivity index (χ0v) is 17.4. The lowest BCUT2D eigenvalue weighted by atomic mass is 9.82. The van der Waals surface area contributed by atoms with Gasteiger partial charge in [-0.1, -0.05) is 60.7 Å². The SMILES string of the molecule is N#CC1=C(N)Oc2n[nH]c(-c3ccccc3)c2C1c1cn(CC(N)=O)nc1-c1ccccc1. The molecule has 4 aromatic rings. The second-order valence-corrected chi connectivity index (χ2v) is 7.57. The fourth-order valence-corrected chi connectivity index (χ4v) is 4.09. The van der Waals surface area contributed by atoms with Crippen molar-refractivity contribution in [3.63, 3.8) is 0 Å². The Bertz CT molecular complexity index is 1410. The van der Waals surface area contributed by atoms with Gasteiger partial charge < -0.3 is 16.2 Å². The van der Waals surface area contributed by atoms with Gasteiger partial charge in [0, 0.05) is 17.3 Å². The number of nitrogens with two attached hydrogens (primary N) is 2. The number of primary amides is 1. The smallest absolute Gasteiger partial charge is 0.244 e. The second kappa shape index (κ2) is 8.01. The Labute approximate surface area is 188 Å². The number of aromatic nitrogens is 4. The highest BCUT2D eigenvalue weighted by Crippen LogP contribution is 2.47. The van der Waals surface area contributed by atoms with Gasteiger partial charge >= 0.3 is 0 Å². The predicted octanol–water partition coefficient (Wildman–Crippen LogP) is 2.64. The van der Waals surface area contributed by atoms with E-state index in [2.05, 4.69) is 21.4 Å². The zero-order valence-electron chi connectivity index (χ0n) is 17.4. The number of amides is 1. The number of aromatic amines is 1. The summed E-state index contributed by atoms with van der Waals surface area (Å²) in [7, 11) is 0. The molecule has 1 amide bonds. The fourth-order valence-electron chi connectivity index (χ4n) is 4.09. The van der Waals surface area contributed by atoms with Gasteiger partial charge in [-0.05, 0) is 5.56 Å². The molecule has 1 unspecified atom stereocenters. The molecular formula is C24H19N7O2. The summed E-state index contributed by atoms with van der Waals surface area (Å²) < 4.78 is 7.17. The van der Waals surface area contributed by atoms with Crippen molar-refractivity contribution < 1.29 is 9.53 Å². The molecule has 2 aromatic carbocycles. The van der Waals surface area contributed by atoms with Crippen molar-refractivity contribution in [2.45, 2.75) is 12.5 Å². The van der Waals surface area contributed by atoms with Gasteiger partial charge in [0.1, 0.15) is 18.2 Å². The van der Waals surface area contributed by atoms with E-state index in [4.69, 9.17) is 16.2 Å². The maximum Gasteiger partial charge on any atom is 0.244 e. The van der Waals surface area contributed by atoms with Gasteiger partial charge in [0.2, 0.25) is 17.7 Å². The minimum absolute atomic E-state index is 0.0252. The highest BCUT2D eigenvalue weighted by Gasteiger charge is 2.38. The minimum Gasteiger partial charge on any atom is -0.420 e. The number of nitrogens with one attached hydrogen (secondary N) is 1. The molecule has 3 heterocycles. The van der Waals surface area contributed by atoms with Crippen molar-refractivity contribution >= 4 is 5.91 Å². The van der Waals surface area contributed by atoms with Crippen LogP contribution in [-0.4, -0.2) is 25.9 Å². The lowest BCUT2D eigenvalue weighted by Crippen LogP contribution is -2.21. The summed E-state index contributed by atoms with van der Waals surface area (Å²) in [6.45, 7) is -0.103. The molecule has 0 radical (unpaired) electrons. The Balaban J connectivity index is 1.77. The molecule has 1 aliphatic heterocycles. The first-order valence-corrected chi connectivity index (χ1v) is 10.2. The Morgan fingerprint density at radius 1 is 1.12 bits per heavy atom. The molecule has 1 aliphatic rings. The average Bonchev–Trinajstić information content (AvgIpc) is 3.43. The van der Waals surface area contributed by atoms with Crippen molar-refractivity contribution in [3.05, 3.63) is 89.4 Å². The van der Waals surface area contributed by atoms with Gasteiger partial charge in [0.25, 0.3) is 0 Å². The number of H-pyrrole nitrogens is 1. The van der Waals surface area contributed by atoms with Crippen LogP contribution in [0.3, 0.4) is 0 Å². The number of rotatable bonds is 5. The van der Waals surface area contributed by atoms with Crippen LogP contribution >= 0.6 is 0 Å². The molecule has 1 atom stereocenters. The number of hydrogen-bond donors (Lipinski definition) is 3. The summed E-state index contributed by atoms with van der Waals surface area (Å²) in [4.78, 5) is 11.6. The third-order valence-corrected chi connectivity index (χ3v) is 5.47. The summed E-state index contributed by atoms with van der Waals surface area (Å²) >= 11 is 0. The molecule has 0 aliphatic carbocycles. The largest absolute Gasteiger partial charge is 0.420 e. The molecule has 0 saturated carbocycles. The zero-order chi connectivity index (χ0) is 22.9. The maximum absolute atomic E-state index is 11.6. The van der Waals surface area contributed by atoms with Gasteiger partial charge in [-0.15, -0.1) is 5.10 Å². The standard InChI is InChI=1S/C24H19N7O2/c25-11-16-19(17-12-31(13-18(26)32)30-21(17)14-7-3-1-4-8-14)20-22(15-9-5-2-6-10-15)28-29-24(20)33-23(16)27/h1-10,12,19H,13,27H2,(H2,26,32)(H,28,29). The molecule has 162 valence electrons. The Morgan fingerprint density at radius 3 is 2.42 bits per heavy atom. The molecular weight excluding hydrogens is 418 g/mol. The van der Waals surface area contributed by atoms with E-state index < -0.39 is 11.8 Å². The molecule has 0 bridgehead atoms. The lowest BCUT2D eigenvalue weighted by Gasteiger charge is -2.24. The molecule has 33 heavy (non-hydrogen) atoms. The van der Waals surface area contributed by atoms with E-state index in [0.717, 1.165) is 11.1 Å². The van der Waals surface area contributed by atoms with Gasteiger partial charge in [-0.25, -0.2) is 0 Å². The van der Waals surface area contributed by atoms with E-state index in [0.29, 0.717) is 22.5 Å². The summed E-state index contributed by atoms with van der Waals surface area (Å²) in [5, 5.41) is 22.0. The van der Waals surface area contributed by atoms with Crippen molar-refractivity contribution in [2.24, 2.45) is 11.5 Å². The quantitative estimate of drug-likeness (QED) is 0.437. The van der Waals surface area contributed by atoms with Crippen molar-refractivity contribution in [1.29, 1.82) is 5.26 Å². The highest BCUT2D eigenvalue weighted by atomic mass is 16.5. The Kier molecular flexibility index (Phi) is 4.88. The van der Waals surface area contributed by atoms with Crippen LogP contribution in [0.1, 0.15) is 17.0 Å². The van der Waals surface area contributed by atoms with Crippen LogP contribution in [0.2, 0.25) is 0 Å². The Hall–Kier alpha value is -4.84. The van der Waals surface area contributed by atoms with E-state index in [1.807, 2.05) is 60.7 Å². The summed E-state index contributed by atoms with van der Waals surface area (Å²) in [6.07, 6.45) is 1.72. The first kappa shape index (κ1) is 20.1. The van der Waals surface area contributed by atoms with Crippen LogP contribution in [-0.2, 0) is 11.3 Å². The number of fused-ring (bicyclic) bond motifs is 1. The van der Waals surface area contributed by atoms with Crippen molar-refractivity contribution in [3.8, 4) is 34.5 Å². The summed E-state index contributed by atoms with van der Waals surface area (Å²) in [5.74, 6) is -0.885. The fraction of sp³-hybridized carbons (Fsp3) is 0.0833. The molecule has 2 aromatic heterocycles. The monoisotopic (exact) mass is 437 g/mol. The van der Waals surface area contributed by atoms with Crippen LogP contribution in [0.4, 0.5) is 0 Å². The molecule has 0 saturated heterocycles. The molecule has 9 heteroatoms. The number of nitriles is 1. The summed E-state index contributed by atoms with van der Waals surface area (Å²) in [6, 6.07) is 21.3. The second-order valence-electron chi connectivity index (χ2n) is 7.57. The minimum atomic E-state index is -0.621. The number of carbonyl (C=O) groups excluding carboxylic acids is 1. The van der Waals surface area contributed by atoms with Crippen LogP contribution in [0, 0.1) is 11.3 Å². The first-order chi connectivity index (χ1) is 16.1. The number of allylic oxidation sites excluding steroid dienone is 1. The topological polar surface area (TPSA) is 149 Å². The molecule has 9 nitrogen and oxygen atoms in total. The van der Waals surface area contributed by atoms with E-state index in [-0.39, 0.29) is 23.9 Å². The number of ether oxygens (including phenoxy) is 1. The predicted molar refractivity (Wildman–Crippen MR) is 120 cm³/mol. The molecule has 5 N–H and O–H groups in total. The van der Waals surface area contributed by atoms with Crippen LogP contribution in [0.5, 0.6) is 5.88 Å².